The van der Waals surface area contributed by atoms with Gasteiger partial charge in [0.2, 0.25) is 0 Å². The molecule has 19 heavy (non-hydrogen) atoms. The van der Waals surface area contributed by atoms with Gasteiger partial charge in [0.1, 0.15) is 5.82 Å². The lowest BCUT2D eigenvalue weighted by atomic mass is 9.70. The third-order valence-corrected chi connectivity index (χ3v) is 5.04. The Balaban J connectivity index is 1.79. The summed E-state index contributed by atoms with van der Waals surface area (Å²) in [7, 11) is 0. The van der Waals surface area contributed by atoms with Crippen LogP contribution in [0.2, 0.25) is 5.02 Å². The van der Waals surface area contributed by atoms with Crippen LogP contribution in [0, 0.1) is 11.7 Å². The number of halogens is 2. The van der Waals surface area contributed by atoms with E-state index in [1.165, 1.54) is 12.5 Å². The van der Waals surface area contributed by atoms with Gasteiger partial charge in [0.15, 0.2) is 0 Å². The van der Waals surface area contributed by atoms with Crippen molar-refractivity contribution in [1.82, 2.24) is 0 Å². The number of rotatable bonds is 2. The zero-order valence-corrected chi connectivity index (χ0v) is 11.6. The molecule has 1 aromatic carbocycles. The minimum atomic E-state index is -0.389. The lowest BCUT2D eigenvalue weighted by molar-refractivity contribution is -0.146. The van der Waals surface area contributed by atoms with E-state index >= 15 is 0 Å². The predicted molar refractivity (Wildman–Crippen MR) is 73.6 cm³/mol. The maximum Gasteiger partial charge on any atom is 0.142 e. The van der Waals surface area contributed by atoms with E-state index in [1.807, 2.05) is 6.07 Å². The lowest BCUT2D eigenvalue weighted by Gasteiger charge is -2.48. The first-order valence-corrected chi connectivity index (χ1v) is 7.33. The molecule has 0 aromatic heterocycles. The van der Waals surface area contributed by atoms with E-state index in [2.05, 4.69) is 0 Å². The fourth-order valence-corrected chi connectivity index (χ4v) is 3.58. The van der Waals surface area contributed by atoms with Gasteiger partial charge in [-0.25, -0.2) is 4.39 Å². The van der Waals surface area contributed by atoms with Crippen molar-refractivity contribution < 1.29 is 9.13 Å². The molecule has 0 radical (unpaired) electrons. The summed E-state index contributed by atoms with van der Waals surface area (Å²) in [6.07, 6.45) is 5.40. The van der Waals surface area contributed by atoms with Crippen LogP contribution in [-0.4, -0.2) is 12.2 Å². The van der Waals surface area contributed by atoms with Crippen molar-refractivity contribution in [1.29, 1.82) is 0 Å². The standard InChI is InChI=1S/C15H19ClFNO/c16-13-11(3-1-4-12(13)17)14(18)10-5-8-19-15(9-10)6-2-7-15/h1,3-4,10,14H,2,5-9,18H2. The van der Waals surface area contributed by atoms with E-state index in [1.54, 1.807) is 6.07 Å². The Morgan fingerprint density at radius 1 is 1.42 bits per heavy atom. The van der Waals surface area contributed by atoms with E-state index in [0.29, 0.717) is 5.92 Å². The molecule has 1 aliphatic heterocycles. The normalized spacial score (nSPS) is 27.0. The van der Waals surface area contributed by atoms with Crippen LogP contribution in [0.4, 0.5) is 4.39 Å². The second kappa shape index (κ2) is 5.04. The summed E-state index contributed by atoms with van der Waals surface area (Å²) in [5.74, 6) is -0.0617. The first-order chi connectivity index (χ1) is 9.11. The molecule has 1 saturated heterocycles. The monoisotopic (exact) mass is 283 g/mol. The van der Waals surface area contributed by atoms with Crippen molar-refractivity contribution in [3.05, 3.63) is 34.6 Å². The third-order valence-electron chi connectivity index (χ3n) is 4.64. The zero-order chi connectivity index (χ0) is 13.5. The van der Waals surface area contributed by atoms with E-state index in [-0.39, 0.29) is 22.5 Å². The van der Waals surface area contributed by atoms with Crippen molar-refractivity contribution in [2.45, 2.75) is 43.7 Å². The SMILES string of the molecule is NC(c1cccc(F)c1Cl)C1CCOC2(CCC2)C1. The molecule has 1 aromatic rings. The average Bonchev–Trinajstić information content (AvgIpc) is 2.39. The van der Waals surface area contributed by atoms with Crippen LogP contribution < -0.4 is 5.73 Å². The van der Waals surface area contributed by atoms with Crippen molar-refractivity contribution in [2.24, 2.45) is 11.7 Å². The zero-order valence-electron chi connectivity index (χ0n) is 10.9. The maximum absolute atomic E-state index is 13.5. The maximum atomic E-state index is 13.5. The van der Waals surface area contributed by atoms with Crippen LogP contribution in [0.5, 0.6) is 0 Å². The van der Waals surface area contributed by atoms with Gasteiger partial charge < -0.3 is 10.5 Å². The van der Waals surface area contributed by atoms with Crippen molar-refractivity contribution in [3.8, 4) is 0 Å². The fourth-order valence-electron chi connectivity index (χ4n) is 3.32. The number of hydrogen-bond acceptors (Lipinski definition) is 2. The molecule has 1 saturated carbocycles. The van der Waals surface area contributed by atoms with Gasteiger partial charge in [-0.05, 0) is 49.7 Å². The van der Waals surface area contributed by atoms with Crippen LogP contribution in [0.25, 0.3) is 0 Å². The summed E-state index contributed by atoms with van der Waals surface area (Å²) in [6.45, 7) is 0.755. The summed E-state index contributed by atoms with van der Waals surface area (Å²) in [6, 6.07) is 4.67. The van der Waals surface area contributed by atoms with Crippen LogP contribution in [-0.2, 0) is 4.74 Å². The predicted octanol–water partition coefficient (Wildman–Crippen LogP) is 3.83. The van der Waals surface area contributed by atoms with Crippen molar-refractivity contribution in [3.63, 3.8) is 0 Å². The highest BCUT2D eigenvalue weighted by molar-refractivity contribution is 6.31. The van der Waals surface area contributed by atoms with Crippen molar-refractivity contribution >= 4 is 11.6 Å². The molecule has 1 spiro atoms. The minimum absolute atomic E-state index is 0.0559. The quantitative estimate of drug-likeness (QED) is 0.895. The molecule has 3 rings (SSSR count). The van der Waals surface area contributed by atoms with Gasteiger partial charge in [-0.3, -0.25) is 0 Å². The molecular weight excluding hydrogens is 265 g/mol. The highest BCUT2D eigenvalue weighted by Crippen LogP contribution is 2.47. The molecule has 2 nitrogen and oxygen atoms in total. The van der Waals surface area contributed by atoms with Gasteiger partial charge >= 0.3 is 0 Å². The Labute approximate surface area is 118 Å². The number of benzene rings is 1. The number of ether oxygens (including phenoxy) is 1. The van der Waals surface area contributed by atoms with E-state index in [9.17, 15) is 4.39 Å². The minimum Gasteiger partial charge on any atom is -0.375 e. The first kappa shape index (κ1) is 13.3. The van der Waals surface area contributed by atoms with Crippen molar-refractivity contribution in [2.75, 3.05) is 6.61 Å². The molecule has 2 fully saturated rings. The number of nitrogens with two attached hydrogens (primary N) is 1. The Morgan fingerprint density at radius 2 is 2.21 bits per heavy atom. The smallest absolute Gasteiger partial charge is 0.142 e. The molecule has 4 heteroatoms. The molecule has 104 valence electrons. The van der Waals surface area contributed by atoms with Gasteiger partial charge in [0.25, 0.3) is 0 Å². The lowest BCUT2D eigenvalue weighted by Crippen LogP contribution is -2.47. The van der Waals surface area contributed by atoms with E-state index in [0.717, 1.165) is 37.9 Å². The highest BCUT2D eigenvalue weighted by Gasteiger charge is 2.44. The van der Waals surface area contributed by atoms with Gasteiger partial charge in [-0.15, -0.1) is 0 Å². The summed E-state index contributed by atoms with van der Waals surface area (Å²) in [5, 5.41) is 0.171. The Bertz CT molecular complexity index is 475. The molecule has 2 aliphatic rings. The van der Waals surface area contributed by atoms with Crippen LogP contribution in [0.1, 0.15) is 43.7 Å². The summed E-state index contributed by atoms with van der Waals surface area (Å²) < 4.78 is 19.4. The fraction of sp³-hybridized carbons (Fsp3) is 0.600. The third kappa shape index (κ3) is 2.39. The van der Waals surface area contributed by atoms with Crippen LogP contribution in [0.15, 0.2) is 18.2 Å². The topological polar surface area (TPSA) is 35.2 Å². The second-order valence-corrected chi connectivity index (χ2v) is 6.18. The molecule has 0 bridgehead atoms. The van der Waals surface area contributed by atoms with Gasteiger partial charge in [-0.2, -0.15) is 0 Å². The highest BCUT2D eigenvalue weighted by atomic mass is 35.5. The van der Waals surface area contributed by atoms with Gasteiger partial charge in [0.05, 0.1) is 10.6 Å². The number of hydrogen-bond donors (Lipinski definition) is 1. The molecule has 1 heterocycles. The molecule has 0 amide bonds. The molecule has 2 N–H and O–H groups in total. The largest absolute Gasteiger partial charge is 0.375 e. The van der Waals surface area contributed by atoms with Crippen LogP contribution >= 0.6 is 11.6 Å². The Hall–Kier alpha value is -0.640. The Kier molecular flexibility index (Phi) is 3.54. The summed E-state index contributed by atoms with van der Waals surface area (Å²) >= 11 is 6.04. The van der Waals surface area contributed by atoms with E-state index in [4.69, 9.17) is 22.1 Å². The molecule has 1 aliphatic carbocycles. The molecule has 2 atom stereocenters. The molecule has 2 unspecified atom stereocenters. The molecular formula is C15H19ClFNO. The van der Waals surface area contributed by atoms with Gasteiger partial charge in [0, 0.05) is 12.6 Å². The Morgan fingerprint density at radius 3 is 2.89 bits per heavy atom. The van der Waals surface area contributed by atoms with Crippen LogP contribution in [0.3, 0.4) is 0 Å². The average molecular weight is 284 g/mol. The first-order valence-electron chi connectivity index (χ1n) is 6.95. The second-order valence-electron chi connectivity index (χ2n) is 5.81. The van der Waals surface area contributed by atoms with E-state index < -0.39 is 0 Å². The summed E-state index contributed by atoms with van der Waals surface area (Å²) in [4.78, 5) is 0. The van der Waals surface area contributed by atoms with Gasteiger partial charge in [-0.1, -0.05) is 23.7 Å². The summed E-state index contributed by atoms with van der Waals surface area (Å²) in [5.41, 5.74) is 7.11.